The first-order valence-electron chi connectivity index (χ1n) is 23.1. The number of rotatable bonds is 10. The summed E-state index contributed by atoms with van der Waals surface area (Å²) in [7, 11) is 3.52. The van der Waals surface area contributed by atoms with Crippen molar-refractivity contribution in [3.63, 3.8) is 0 Å². The first-order chi connectivity index (χ1) is 33.3. The van der Waals surface area contributed by atoms with Gasteiger partial charge in [-0.1, -0.05) is 35.3 Å². The Hall–Kier alpha value is -5.65. The second kappa shape index (κ2) is 21.1. The fourth-order valence-corrected chi connectivity index (χ4v) is 11.2. The van der Waals surface area contributed by atoms with Crippen LogP contribution in [0.1, 0.15) is 66.2 Å². The molecule has 0 radical (unpaired) electrons. The molecule has 10 rings (SSSR count). The smallest absolute Gasteiger partial charge is 0.345 e. The fraction of sp³-hybridized carbons (Fsp3) is 0.412. The van der Waals surface area contributed by atoms with Crippen molar-refractivity contribution in [2.24, 2.45) is 5.92 Å². The fourth-order valence-electron chi connectivity index (χ4n) is 9.50. The summed E-state index contributed by atoms with van der Waals surface area (Å²) in [5, 5.41) is 11.9. The number of esters is 1. The zero-order chi connectivity index (χ0) is 48.3. The van der Waals surface area contributed by atoms with Gasteiger partial charge in [0.05, 0.1) is 28.2 Å². The van der Waals surface area contributed by atoms with Gasteiger partial charge >= 0.3 is 11.9 Å². The van der Waals surface area contributed by atoms with Gasteiger partial charge in [-0.25, -0.2) is 29.1 Å². The summed E-state index contributed by atoms with van der Waals surface area (Å²) in [5.41, 5.74) is 4.42. The molecule has 14 nitrogen and oxygen atoms in total. The summed E-state index contributed by atoms with van der Waals surface area (Å²) in [6, 6.07) is 13.2. The van der Waals surface area contributed by atoms with E-state index >= 15 is 0 Å². The van der Waals surface area contributed by atoms with Crippen LogP contribution in [0.15, 0.2) is 61.1 Å². The van der Waals surface area contributed by atoms with E-state index in [-0.39, 0.29) is 43.3 Å². The van der Waals surface area contributed by atoms with E-state index in [1.54, 1.807) is 42.6 Å². The number of hydrogen-bond donors (Lipinski definition) is 1. The van der Waals surface area contributed by atoms with E-state index in [1.165, 1.54) is 36.9 Å². The van der Waals surface area contributed by atoms with Gasteiger partial charge in [0, 0.05) is 73.7 Å². The zero-order valence-corrected chi connectivity index (χ0v) is 41.1. The maximum atomic E-state index is 14.4. The largest absolute Gasteiger partial charge is 0.490 e. The Labute approximate surface area is 413 Å². The Morgan fingerprint density at radius 2 is 1.67 bits per heavy atom. The van der Waals surface area contributed by atoms with Crippen LogP contribution in [0.2, 0.25) is 10.0 Å². The van der Waals surface area contributed by atoms with Crippen molar-refractivity contribution < 1.29 is 42.8 Å². The number of piperazine rings is 1. The van der Waals surface area contributed by atoms with Crippen molar-refractivity contribution in [3.8, 4) is 44.7 Å². The molecule has 1 saturated heterocycles. The second-order valence-corrected chi connectivity index (χ2v) is 19.8. The molecule has 362 valence electrons. The number of ether oxygens (including phenoxy) is 5. The second-order valence-electron chi connectivity index (χ2n) is 18.0. The van der Waals surface area contributed by atoms with Gasteiger partial charge in [-0.2, -0.15) is 0 Å². The lowest BCUT2D eigenvalue weighted by Crippen LogP contribution is -2.49. The van der Waals surface area contributed by atoms with Crippen molar-refractivity contribution >= 4 is 56.7 Å². The van der Waals surface area contributed by atoms with Gasteiger partial charge in [0.15, 0.2) is 5.75 Å². The number of aliphatic carboxylic acids is 1. The number of likely N-dealkylation sites (N-methyl/N-ethyl adjacent to an activating group) is 1. The number of carboxylic acid groups (broad SMARTS) is 1. The Kier molecular flexibility index (Phi) is 14.8. The minimum Gasteiger partial charge on any atom is -0.490 e. The number of nitrogens with zero attached hydrogens (tertiary/aromatic N) is 6. The molecular weight excluding hydrogens is 947 g/mol. The van der Waals surface area contributed by atoms with E-state index in [0.717, 1.165) is 57.7 Å². The predicted molar refractivity (Wildman–Crippen MR) is 261 cm³/mol. The van der Waals surface area contributed by atoms with E-state index in [9.17, 15) is 19.1 Å². The van der Waals surface area contributed by atoms with Gasteiger partial charge in [-0.05, 0) is 111 Å². The van der Waals surface area contributed by atoms with E-state index < -0.39 is 24.0 Å². The number of methoxy groups -OCH3 is 1. The number of carbonyl (C=O) groups excluding carboxylic acids is 1. The molecule has 2 atom stereocenters. The van der Waals surface area contributed by atoms with E-state index in [1.807, 2.05) is 13.8 Å². The number of benzene rings is 3. The van der Waals surface area contributed by atoms with Crippen LogP contribution in [-0.4, -0.2) is 112 Å². The summed E-state index contributed by atoms with van der Waals surface area (Å²) >= 11 is 16.0. The van der Waals surface area contributed by atoms with Crippen LogP contribution in [0.25, 0.3) is 31.8 Å². The quantitative estimate of drug-likeness (QED) is 0.129. The van der Waals surface area contributed by atoms with E-state index in [4.69, 9.17) is 51.9 Å². The highest BCUT2D eigenvalue weighted by Gasteiger charge is 2.33. The topological polar surface area (TPSA) is 159 Å². The molecule has 69 heavy (non-hydrogen) atoms. The lowest BCUT2D eigenvalue weighted by molar-refractivity contribution is -0.145. The normalized spacial score (nSPS) is 20.1. The third-order valence-corrected chi connectivity index (χ3v) is 15.4. The number of hydrogen-bond acceptors (Lipinski definition) is 14. The van der Waals surface area contributed by atoms with Crippen LogP contribution in [0.5, 0.6) is 23.1 Å². The molecule has 1 N–H and O–H groups in total. The average Bonchev–Trinajstić information content (AvgIpc) is 3.74. The van der Waals surface area contributed by atoms with Crippen LogP contribution in [0.3, 0.4) is 0 Å². The van der Waals surface area contributed by atoms with Gasteiger partial charge in [0.1, 0.15) is 53.6 Å². The van der Waals surface area contributed by atoms with Crippen molar-refractivity contribution in [1.82, 2.24) is 29.7 Å². The molecule has 1 aliphatic carbocycles. The van der Waals surface area contributed by atoms with Crippen LogP contribution < -0.4 is 18.9 Å². The first-order valence-corrected chi connectivity index (χ1v) is 24.7. The molecule has 4 aliphatic rings. The monoisotopic (exact) mass is 998 g/mol. The summed E-state index contributed by atoms with van der Waals surface area (Å²) < 4.78 is 45.6. The van der Waals surface area contributed by atoms with Crippen molar-refractivity contribution in [3.05, 3.63) is 105 Å². The van der Waals surface area contributed by atoms with Gasteiger partial charge in [-0.3, -0.25) is 9.69 Å². The molecule has 3 aromatic heterocycles. The molecule has 3 aliphatic heterocycles. The van der Waals surface area contributed by atoms with Gasteiger partial charge in [0.2, 0.25) is 12.0 Å². The standard InChI is InChI=1S/C51H53Cl2FN6O8S/c1-28-41-29(2)45(53)46(44(28)52)67-37(24-60-19-17-59(3)18-20-60)26-65-36-13-14-38(66-25-35-15-16-55-48(58-35)32-7-5-30(6-8-32)21-40(61)64-4)33(22-36)23-39(51(62)63)68-49-43-42(41)47(69-50(43)57-27-56-49)31-9-11-34(54)12-10-31/h9-16,22,27,30,32,37,39H,5-8,17-21,23-26H2,1-4H3,(H,62,63). The average molecular weight is 1000 g/mol. The third-order valence-electron chi connectivity index (χ3n) is 13.4. The summed E-state index contributed by atoms with van der Waals surface area (Å²) in [4.78, 5) is 49.8. The lowest BCUT2D eigenvalue weighted by Gasteiger charge is -2.35. The third kappa shape index (κ3) is 10.7. The van der Waals surface area contributed by atoms with Crippen molar-refractivity contribution in [1.29, 1.82) is 0 Å². The molecule has 2 fully saturated rings. The molecule has 6 heterocycles. The van der Waals surface area contributed by atoms with Crippen LogP contribution in [-0.2, 0) is 27.4 Å². The summed E-state index contributed by atoms with van der Waals surface area (Å²) in [6.07, 6.45) is 4.81. The highest BCUT2D eigenvalue weighted by atomic mass is 35.5. The molecule has 3 aromatic carbocycles. The Bertz CT molecular complexity index is 2830. The molecule has 4 bridgehead atoms. The molecule has 0 amide bonds. The Morgan fingerprint density at radius 3 is 2.38 bits per heavy atom. The number of thiophene rings is 1. The number of fused-ring (bicyclic) bond motifs is 7. The molecule has 1 saturated carbocycles. The maximum absolute atomic E-state index is 14.4. The van der Waals surface area contributed by atoms with Gasteiger partial charge in [0.25, 0.3) is 0 Å². The van der Waals surface area contributed by atoms with E-state index in [2.05, 4.69) is 31.8 Å². The first kappa shape index (κ1) is 48.4. The molecule has 6 aromatic rings. The highest BCUT2D eigenvalue weighted by Crippen LogP contribution is 2.53. The number of carboxylic acids is 1. The highest BCUT2D eigenvalue weighted by molar-refractivity contribution is 7.22. The Balaban J connectivity index is 1.10. The number of halogens is 3. The van der Waals surface area contributed by atoms with Gasteiger partial charge in [-0.15, -0.1) is 11.3 Å². The predicted octanol–water partition coefficient (Wildman–Crippen LogP) is 9.76. The molecular formula is C51H53Cl2FN6O8S. The van der Waals surface area contributed by atoms with Crippen LogP contribution >= 0.6 is 34.5 Å². The zero-order valence-electron chi connectivity index (χ0n) is 38.8. The van der Waals surface area contributed by atoms with Crippen LogP contribution in [0, 0.1) is 25.6 Å². The Morgan fingerprint density at radius 1 is 0.928 bits per heavy atom. The van der Waals surface area contributed by atoms with Crippen LogP contribution in [0.4, 0.5) is 4.39 Å². The summed E-state index contributed by atoms with van der Waals surface area (Å²) in [6.45, 7) is 7.91. The van der Waals surface area contributed by atoms with E-state index in [0.29, 0.717) is 94.4 Å². The minimum atomic E-state index is -1.47. The SMILES string of the molecule is COC(=O)CC1CCC(c2nccc(COc3ccc4cc3CC(C(=O)O)Oc3ncnc5sc(-c6ccc(F)cc6)c(c35)-c3c(C)c(Cl)c(c(Cl)c3C)OC(CN3CCN(C)CC3)CO4)n2)CC1. The molecule has 0 spiro atoms. The van der Waals surface area contributed by atoms with Crippen molar-refractivity contribution in [2.75, 3.05) is 53.5 Å². The van der Waals surface area contributed by atoms with Crippen molar-refractivity contribution in [2.45, 2.75) is 77.1 Å². The minimum absolute atomic E-state index is 0.0256. The summed E-state index contributed by atoms with van der Waals surface area (Å²) in [5.74, 6) is 0.530. The molecule has 18 heteroatoms. The van der Waals surface area contributed by atoms with Gasteiger partial charge < -0.3 is 33.7 Å². The molecule has 2 unspecified atom stereocenters. The lowest BCUT2D eigenvalue weighted by atomic mass is 9.80. The maximum Gasteiger partial charge on any atom is 0.345 e. The number of carbonyl (C=O) groups is 2. The number of aromatic nitrogens is 4.